The highest BCUT2D eigenvalue weighted by atomic mass is 32.1. The molecule has 2 nitrogen and oxygen atoms in total. The second kappa shape index (κ2) is 6.59. The molecule has 16 heavy (non-hydrogen) atoms. The number of hydrogen-bond acceptors (Lipinski definition) is 3. The topological polar surface area (TPSA) is 26.3 Å². The molecule has 0 spiro atoms. The summed E-state index contributed by atoms with van der Waals surface area (Å²) in [5.74, 6) is 0.632. The number of ether oxygens (including phenoxy) is 1. The molecule has 0 aromatic heterocycles. The van der Waals surface area contributed by atoms with E-state index in [1.54, 1.807) is 0 Å². The molecule has 0 heterocycles. The van der Waals surface area contributed by atoms with Gasteiger partial charge >= 0.3 is 5.97 Å². The average Bonchev–Trinajstić information content (AvgIpc) is 2.26. The summed E-state index contributed by atoms with van der Waals surface area (Å²) in [6.45, 7) is 3.69. The van der Waals surface area contributed by atoms with E-state index in [4.69, 9.17) is 4.74 Å². The van der Waals surface area contributed by atoms with Crippen LogP contribution in [-0.2, 0) is 11.2 Å². The van der Waals surface area contributed by atoms with Gasteiger partial charge in [0.15, 0.2) is 0 Å². The number of esters is 1. The van der Waals surface area contributed by atoms with Crippen molar-refractivity contribution in [3.05, 3.63) is 35.4 Å². The second-order valence-electron chi connectivity index (χ2n) is 3.98. The zero-order chi connectivity index (χ0) is 12.0. The fourth-order valence-electron chi connectivity index (χ4n) is 1.37. The van der Waals surface area contributed by atoms with E-state index in [1.165, 1.54) is 5.56 Å². The van der Waals surface area contributed by atoms with Crippen molar-refractivity contribution < 1.29 is 9.53 Å². The monoisotopic (exact) mass is 238 g/mol. The molecule has 0 atom stereocenters. The maximum Gasteiger partial charge on any atom is 0.338 e. The van der Waals surface area contributed by atoms with Gasteiger partial charge in [0.1, 0.15) is 0 Å². The molecule has 0 aliphatic heterocycles. The predicted octanol–water partition coefficient (Wildman–Crippen LogP) is 3.11. The van der Waals surface area contributed by atoms with Gasteiger partial charge < -0.3 is 4.74 Å². The third-order valence-electron chi connectivity index (χ3n) is 2.16. The molecule has 0 amide bonds. The molecule has 1 rings (SSSR count). The van der Waals surface area contributed by atoms with E-state index in [0.29, 0.717) is 5.56 Å². The quantitative estimate of drug-likeness (QED) is 0.630. The van der Waals surface area contributed by atoms with Crippen LogP contribution in [0.5, 0.6) is 0 Å². The van der Waals surface area contributed by atoms with Crippen molar-refractivity contribution in [2.24, 2.45) is 0 Å². The number of hydrogen-bond donors (Lipinski definition) is 1. The van der Waals surface area contributed by atoms with Crippen LogP contribution in [0.2, 0.25) is 0 Å². The van der Waals surface area contributed by atoms with Crippen molar-refractivity contribution in [3.8, 4) is 0 Å². The van der Waals surface area contributed by atoms with Crippen LogP contribution in [0.15, 0.2) is 24.3 Å². The third-order valence-corrected chi connectivity index (χ3v) is 2.47. The van der Waals surface area contributed by atoms with Crippen LogP contribution in [0, 0.1) is 0 Å². The molecule has 0 saturated heterocycles. The van der Waals surface area contributed by atoms with Gasteiger partial charge in [-0.1, -0.05) is 12.1 Å². The molecule has 3 heteroatoms. The largest absolute Gasteiger partial charge is 0.459 e. The van der Waals surface area contributed by atoms with E-state index in [-0.39, 0.29) is 12.1 Å². The minimum Gasteiger partial charge on any atom is -0.459 e. The first kappa shape index (κ1) is 13.1. The Hall–Kier alpha value is -0.960. The Morgan fingerprint density at radius 1 is 1.31 bits per heavy atom. The number of carbonyl (C=O) groups is 1. The van der Waals surface area contributed by atoms with Crippen LogP contribution in [0.3, 0.4) is 0 Å². The molecule has 0 N–H and O–H groups in total. The van der Waals surface area contributed by atoms with Gasteiger partial charge in [0.05, 0.1) is 11.7 Å². The van der Waals surface area contributed by atoms with E-state index in [0.717, 1.165) is 18.6 Å². The summed E-state index contributed by atoms with van der Waals surface area (Å²) in [5, 5.41) is 0. The minimum atomic E-state index is -0.254. The summed E-state index contributed by atoms with van der Waals surface area (Å²) in [4.78, 5) is 11.5. The highest BCUT2D eigenvalue weighted by Crippen LogP contribution is 2.09. The van der Waals surface area contributed by atoms with Crippen LogP contribution in [0.1, 0.15) is 36.2 Å². The van der Waals surface area contributed by atoms with Crippen molar-refractivity contribution in [1.29, 1.82) is 0 Å². The van der Waals surface area contributed by atoms with Gasteiger partial charge in [-0.25, -0.2) is 4.79 Å². The standard InChI is InChI=1S/C13H18O2S/c1-10(2)15-13(14)12-7-5-11(6-8-12)4-3-9-16/h5-8,10,16H,3-4,9H2,1-2H3. The summed E-state index contributed by atoms with van der Waals surface area (Å²) >= 11 is 4.17. The molecule has 0 aliphatic carbocycles. The number of rotatable bonds is 5. The maximum absolute atomic E-state index is 11.5. The Labute approximate surface area is 102 Å². The molecular formula is C13H18O2S. The van der Waals surface area contributed by atoms with Gasteiger partial charge in [-0.15, -0.1) is 0 Å². The summed E-state index contributed by atoms with van der Waals surface area (Å²) in [5.41, 5.74) is 1.85. The highest BCUT2D eigenvalue weighted by Gasteiger charge is 2.08. The Bertz CT molecular complexity index is 330. The third kappa shape index (κ3) is 4.27. The minimum absolute atomic E-state index is 0.0728. The molecule has 0 bridgehead atoms. The van der Waals surface area contributed by atoms with Crippen LogP contribution < -0.4 is 0 Å². The lowest BCUT2D eigenvalue weighted by molar-refractivity contribution is 0.0378. The first-order chi connectivity index (χ1) is 7.63. The number of carbonyl (C=O) groups excluding carboxylic acids is 1. The van der Waals surface area contributed by atoms with Gasteiger partial charge in [0.2, 0.25) is 0 Å². The normalized spacial score (nSPS) is 10.5. The lowest BCUT2D eigenvalue weighted by Gasteiger charge is -2.08. The van der Waals surface area contributed by atoms with Crippen LogP contribution >= 0.6 is 12.6 Å². The Balaban J connectivity index is 2.60. The zero-order valence-electron chi connectivity index (χ0n) is 9.77. The van der Waals surface area contributed by atoms with Crippen molar-refractivity contribution in [1.82, 2.24) is 0 Å². The summed E-state index contributed by atoms with van der Waals surface area (Å²) in [6, 6.07) is 7.58. The zero-order valence-corrected chi connectivity index (χ0v) is 10.7. The Morgan fingerprint density at radius 3 is 2.44 bits per heavy atom. The van der Waals surface area contributed by atoms with Gasteiger partial charge in [-0.2, -0.15) is 12.6 Å². The van der Waals surface area contributed by atoms with E-state index in [9.17, 15) is 4.79 Å². The molecule has 0 saturated carbocycles. The lowest BCUT2D eigenvalue weighted by Crippen LogP contribution is -2.11. The fraction of sp³-hybridized carbons (Fsp3) is 0.462. The van der Waals surface area contributed by atoms with E-state index in [1.807, 2.05) is 38.1 Å². The van der Waals surface area contributed by atoms with E-state index in [2.05, 4.69) is 12.6 Å². The van der Waals surface area contributed by atoms with Crippen LogP contribution in [0.4, 0.5) is 0 Å². The molecule has 1 aromatic carbocycles. The maximum atomic E-state index is 11.5. The lowest BCUT2D eigenvalue weighted by atomic mass is 10.1. The molecular weight excluding hydrogens is 220 g/mol. The molecule has 0 aliphatic rings. The van der Waals surface area contributed by atoms with Crippen molar-refractivity contribution in [2.75, 3.05) is 5.75 Å². The summed E-state index contributed by atoms with van der Waals surface area (Å²) < 4.78 is 5.11. The van der Waals surface area contributed by atoms with E-state index < -0.39 is 0 Å². The second-order valence-corrected chi connectivity index (χ2v) is 4.43. The Morgan fingerprint density at radius 2 is 1.94 bits per heavy atom. The van der Waals surface area contributed by atoms with Gasteiger partial charge in [-0.3, -0.25) is 0 Å². The predicted molar refractivity (Wildman–Crippen MR) is 69.2 cm³/mol. The molecule has 0 unspecified atom stereocenters. The van der Waals surface area contributed by atoms with Crippen LogP contribution in [0.25, 0.3) is 0 Å². The molecule has 0 radical (unpaired) electrons. The van der Waals surface area contributed by atoms with Crippen molar-refractivity contribution >= 4 is 18.6 Å². The number of thiol groups is 1. The average molecular weight is 238 g/mol. The van der Waals surface area contributed by atoms with Crippen molar-refractivity contribution in [3.63, 3.8) is 0 Å². The van der Waals surface area contributed by atoms with Gasteiger partial charge in [0.25, 0.3) is 0 Å². The molecule has 88 valence electrons. The van der Waals surface area contributed by atoms with E-state index >= 15 is 0 Å². The van der Waals surface area contributed by atoms with Gasteiger partial charge in [-0.05, 0) is 50.1 Å². The first-order valence-electron chi connectivity index (χ1n) is 5.54. The summed E-state index contributed by atoms with van der Waals surface area (Å²) in [6.07, 6.45) is 1.98. The number of aryl methyl sites for hydroxylation is 1. The smallest absolute Gasteiger partial charge is 0.338 e. The van der Waals surface area contributed by atoms with Crippen LogP contribution in [-0.4, -0.2) is 17.8 Å². The summed E-state index contributed by atoms with van der Waals surface area (Å²) in [7, 11) is 0. The van der Waals surface area contributed by atoms with Gasteiger partial charge in [0, 0.05) is 0 Å². The SMILES string of the molecule is CC(C)OC(=O)c1ccc(CCCS)cc1. The molecule has 0 fully saturated rings. The Kier molecular flexibility index (Phi) is 5.39. The highest BCUT2D eigenvalue weighted by molar-refractivity contribution is 7.80. The molecule has 1 aromatic rings. The number of benzene rings is 1. The fourth-order valence-corrected chi connectivity index (χ4v) is 1.53. The first-order valence-corrected chi connectivity index (χ1v) is 6.17. The van der Waals surface area contributed by atoms with Crippen molar-refractivity contribution in [2.45, 2.75) is 32.8 Å².